The number of rotatable bonds is 6. The number of carbonyl (C=O) groups is 1. The second kappa shape index (κ2) is 7.09. The largest absolute Gasteiger partial charge is 0.342 e. The standard InChI is InChI=1S/C17H30N2O3S/c1-14(16-5-6-16)13-23(21,22)19-10-7-15(8-11-19)12-18-9-3-2-4-17(18)20/h14-16H,2-13H2,1H3. The van der Waals surface area contributed by atoms with Crippen LogP contribution in [0.15, 0.2) is 0 Å². The molecule has 0 spiro atoms. The molecule has 3 aliphatic rings. The normalized spacial score (nSPS) is 26.5. The van der Waals surface area contributed by atoms with E-state index in [2.05, 4.69) is 6.92 Å². The van der Waals surface area contributed by atoms with E-state index in [1.54, 1.807) is 4.31 Å². The van der Waals surface area contributed by atoms with Gasteiger partial charge >= 0.3 is 0 Å². The minimum Gasteiger partial charge on any atom is -0.342 e. The molecule has 1 unspecified atom stereocenters. The first-order valence-corrected chi connectivity index (χ1v) is 10.8. The van der Waals surface area contributed by atoms with Gasteiger partial charge in [0.1, 0.15) is 0 Å². The van der Waals surface area contributed by atoms with Gasteiger partial charge in [0.15, 0.2) is 0 Å². The van der Waals surface area contributed by atoms with E-state index in [1.165, 1.54) is 12.8 Å². The highest BCUT2D eigenvalue weighted by atomic mass is 32.2. The van der Waals surface area contributed by atoms with Crippen molar-refractivity contribution in [3.05, 3.63) is 0 Å². The lowest BCUT2D eigenvalue weighted by Crippen LogP contribution is -2.45. The maximum absolute atomic E-state index is 12.5. The minimum atomic E-state index is -3.10. The summed E-state index contributed by atoms with van der Waals surface area (Å²) in [4.78, 5) is 13.9. The van der Waals surface area contributed by atoms with E-state index in [4.69, 9.17) is 0 Å². The Hall–Kier alpha value is -0.620. The minimum absolute atomic E-state index is 0.282. The van der Waals surface area contributed by atoms with Crippen LogP contribution < -0.4 is 0 Å². The fraction of sp³-hybridized carbons (Fsp3) is 0.941. The summed E-state index contributed by atoms with van der Waals surface area (Å²) in [5.74, 6) is 1.98. The topological polar surface area (TPSA) is 57.7 Å². The number of hydrogen-bond donors (Lipinski definition) is 0. The molecule has 3 fully saturated rings. The lowest BCUT2D eigenvalue weighted by molar-refractivity contribution is -0.134. The van der Waals surface area contributed by atoms with Gasteiger partial charge in [0.05, 0.1) is 5.75 Å². The number of sulfonamides is 1. The molecule has 0 aromatic carbocycles. The molecule has 0 aromatic heterocycles. The first-order chi connectivity index (χ1) is 11.0. The lowest BCUT2D eigenvalue weighted by Gasteiger charge is -2.36. The molecule has 1 aliphatic carbocycles. The maximum atomic E-state index is 12.5. The number of carbonyl (C=O) groups excluding carboxylic acids is 1. The van der Waals surface area contributed by atoms with Crippen molar-refractivity contribution < 1.29 is 13.2 Å². The molecule has 6 heteroatoms. The number of amides is 1. The smallest absolute Gasteiger partial charge is 0.222 e. The van der Waals surface area contributed by atoms with E-state index in [1.807, 2.05) is 4.90 Å². The predicted molar refractivity (Wildman–Crippen MR) is 90.4 cm³/mol. The van der Waals surface area contributed by atoms with Crippen molar-refractivity contribution in [3.63, 3.8) is 0 Å². The van der Waals surface area contributed by atoms with Crippen LogP contribution in [0, 0.1) is 17.8 Å². The number of piperidine rings is 2. The van der Waals surface area contributed by atoms with Gasteiger partial charge in [-0.1, -0.05) is 6.92 Å². The van der Waals surface area contributed by atoms with E-state index in [0.29, 0.717) is 43.0 Å². The molecular weight excluding hydrogens is 312 g/mol. The zero-order valence-corrected chi connectivity index (χ0v) is 15.1. The van der Waals surface area contributed by atoms with Crippen LogP contribution in [0.2, 0.25) is 0 Å². The molecule has 0 aromatic rings. The Balaban J connectivity index is 1.46. The fourth-order valence-corrected chi connectivity index (χ4v) is 5.89. The molecule has 23 heavy (non-hydrogen) atoms. The summed E-state index contributed by atoms with van der Waals surface area (Å²) in [7, 11) is -3.10. The molecule has 5 nitrogen and oxygen atoms in total. The van der Waals surface area contributed by atoms with Gasteiger partial charge in [-0.25, -0.2) is 12.7 Å². The highest BCUT2D eigenvalue weighted by Gasteiger charge is 2.35. The molecule has 3 rings (SSSR count). The van der Waals surface area contributed by atoms with Crippen molar-refractivity contribution in [2.45, 2.75) is 51.9 Å². The van der Waals surface area contributed by atoms with Crippen LogP contribution in [0.4, 0.5) is 0 Å². The van der Waals surface area contributed by atoms with Gasteiger partial charge < -0.3 is 4.90 Å². The Morgan fingerprint density at radius 1 is 1.09 bits per heavy atom. The molecule has 0 N–H and O–H groups in total. The van der Waals surface area contributed by atoms with Gasteiger partial charge in [0.2, 0.25) is 15.9 Å². The average Bonchev–Trinajstić information content (AvgIpc) is 3.34. The Morgan fingerprint density at radius 2 is 1.78 bits per heavy atom. The van der Waals surface area contributed by atoms with E-state index < -0.39 is 10.0 Å². The van der Waals surface area contributed by atoms with Gasteiger partial charge in [0.25, 0.3) is 0 Å². The predicted octanol–water partition coefficient (Wildman–Crippen LogP) is 2.09. The SMILES string of the molecule is CC(CS(=O)(=O)N1CCC(CN2CCCCC2=O)CC1)C1CC1. The Morgan fingerprint density at radius 3 is 2.39 bits per heavy atom. The Bertz CT molecular complexity index is 522. The fourth-order valence-electron chi connectivity index (χ4n) is 3.98. The quantitative estimate of drug-likeness (QED) is 0.743. The molecule has 0 radical (unpaired) electrons. The summed E-state index contributed by atoms with van der Waals surface area (Å²) in [5, 5.41) is 0. The molecule has 2 aliphatic heterocycles. The molecule has 0 bridgehead atoms. The first-order valence-electron chi connectivity index (χ1n) is 9.21. The molecule has 2 heterocycles. The summed E-state index contributed by atoms with van der Waals surface area (Å²) >= 11 is 0. The second-order valence-corrected chi connectivity index (χ2v) is 9.75. The van der Waals surface area contributed by atoms with Crippen LogP contribution in [-0.4, -0.2) is 55.5 Å². The van der Waals surface area contributed by atoms with Crippen LogP contribution in [0.3, 0.4) is 0 Å². The van der Waals surface area contributed by atoms with Crippen molar-refractivity contribution in [2.75, 3.05) is 31.9 Å². The molecular formula is C17H30N2O3S. The summed E-state index contributed by atoms with van der Waals surface area (Å²) in [6, 6.07) is 0. The number of likely N-dealkylation sites (tertiary alicyclic amines) is 1. The van der Waals surface area contributed by atoms with Gasteiger partial charge in [-0.3, -0.25) is 4.79 Å². The molecule has 132 valence electrons. The van der Waals surface area contributed by atoms with Crippen molar-refractivity contribution in [3.8, 4) is 0 Å². The van der Waals surface area contributed by atoms with Crippen LogP contribution >= 0.6 is 0 Å². The molecule has 1 atom stereocenters. The zero-order valence-electron chi connectivity index (χ0n) is 14.2. The summed E-state index contributed by atoms with van der Waals surface area (Å²) in [5.41, 5.74) is 0. The summed E-state index contributed by atoms with van der Waals surface area (Å²) in [6.07, 6.45) is 6.99. The Labute approximate surface area is 140 Å². The first kappa shape index (κ1) is 17.2. The maximum Gasteiger partial charge on any atom is 0.222 e. The average molecular weight is 343 g/mol. The Kier molecular flexibility index (Phi) is 5.31. The van der Waals surface area contributed by atoms with Crippen LogP contribution in [0.1, 0.15) is 51.9 Å². The summed E-state index contributed by atoms with van der Waals surface area (Å²) in [6.45, 7) is 5.05. The van der Waals surface area contributed by atoms with E-state index >= 15 is 0 Å². The molecule has 2 saturated heterocycles. The van der Waals surface area contributed by atoms with Gasteiger partial charge in [-0.05, 0) is 56.3 Å². The van der Waals surface area contributed by atoms with E-state index in [0.717, 1.165) is 38.8 Å². The molecule has 1 saturated carbocycles. The van der Waals surface area contributed by atoms with E-state index in [-0.39, 0.29) is 5.91 Å². The van der Waals surface area contributed by atoms with Crippen molar-refractivity contribution in [2.24, 2.45) is 17.8 Å². The summed E-state index contributed by atoms with van der Waals surface area (Å²) < 4.78 is 26.8. The van der Waals surface area contributed by atoms with Gasteiger partial charge in [-0.2, -0.15) is 0 Å². The third-order valence-electron chi connectivity index (χ3n) is 5.77. The van der Waals surface area contributed by atoms with Gasteiger partial charge in [-0.15, -0.1) is 0 Å². The van der Waals surface area contributed by atoms with Crippen molar-refractivity contribution >= 4 is 15.9 Å². The van der Waals surface area contributed by atoms with Crippen LogP contribution in [-0.2, 0) is 14.8 Å². The van der Waals surface area contributed by atoms with Crippen molar-refractivity contribution in [1.82, 2.24) is 9.21 Å². The number of nitrogens with zero attached hydrogens (tertiary/aromatic N) is 2. The lowest BCUT2D eigenvalue weighted by atomic mass is 9.96. The second-order valence-electron chi connectivity index (χ2n) is 7.73. The van der Waals surface area contributed by atoms with Crippen LogP contribution in [0.5, 0.6) is 0 Å². The third kappa shape index (κ3) is 4.47. The molecule has 1 amide bonds. The van der Waals surface area contributed by atoms with Crippen molar-refractivity contribution in [1.29, 1.82) is 0 Å². The number of hydrogen-bond acceptors (Lipinski definition) is 3. The highest BCUT2D eigenvalue weighted by Crippen LogP contribution is 2.37. The monoisotopic (exact) mass is 342 g/mol. The van der Waals surface area contributed by atoms with Crippen LogP contribution in [0.25, 0.3) is 0 Å². The third-order valence-corrected chi connectivity index (χ3v) is 7.87. The van der Waals surface area contributed by atoms with Gasteiger partial charge in [0, 0.05) is 32.6 Å². The highest BCUT2D eigenvalue weighted by molar-refractivity contribution is 7.89. The zero-order chi connectivity index (χ0) is 16.4. The van der Waals surface area contributed by atoms with E-state index in [9.17, 15) is 13.2 Å².